The third-order valence-corrected chi connectivity index (χ3v) is 2.92. The lowest BCUT2D eigenvalue weighted by Crippen LogP contribution is -2.52. The maximum absolute atomic E-state index is 13.4. The van der Waals surface area contributed by atoms with Crippen LogP contribution in [0, 0.1) is 5.82 Å². The Bertz CT molecular complexity index is 461. The first-order chi connectivity index (χ1) is 8.09. The monoisotopic (exact) mass is 237 g/mol. The lowest BCUT2D eigenvalue weighted by molar-refractivity contribution is -0.139. The van der Waals surface area contributed by atoms with E-state index in [0.717, 1.165) is 0 Å². The van der Waals surface area contributed by atoms with Crippen LogP contribution in [-0.2, 0) is 4.79 Å². The lowest BCUT2D eigenvalue weighted by Gasteiger charge is -2.40. The van der Waals surface area contributed by atoms with Crippen LogP contribution in [0.4, 0.5) is 4.39 Å². The van der Waals surface area contributed by atoms with E-state index in [1.807, 2.05) is 0 Å². The third-order valence-electron chi connectivity index (χ3n) is 2.92. The molecule has 1 aromatic carbocycles. The summed E-state index contributed by atoms with van der Waals surface area (Å²) in [4.78, 5) is 23.9. The minimum atomic E-state index is -0.943. The molecule has 0 radical (unpaired) electrons. The van der Waals surface area contributed by atoms with Crippen molar-refractivity contribution in [1.29, 1.82) is 0 Å². The molecule has 0 spiro atoms. The van der Waals surface area contributed by atoms with Crippen molar-refractivity contribution in [2.75, 3.05) is 6.54 Å². The van der Waals surface area contributed by atoms with Crippen molar-refractivity contribution in [1.82, 2.24) is 4.90 Å². The van der Waals surface area contributed by atoms with Gasteiger partial charge in [-0.2, -0.15) is 0 Å². The summed E-state index contributed by atoms with van der Waals surface area (Å²) in [6.07, 6.45) is 0.576. The van der Waals surface area contributed by atoms with Crippen LogP contribution >= 0.6 is 0 Å². The van der Waals surface area contributed by atoms with Gasteiger partial charge in [-0.25, -0.2) is 4.39 Å². The second-order valence-corrected chi connectivity index (χ2v) is 4.02. The van der Waals surface area contributed by atoms with Gasteiger partial charge in [0.25, 0.3) is 5.91 Å². The van der Waals surface area contributed by atoms with Gasteiger partial charge in [0.05, 0.1) is 12.0 Å². The molecule has 90 valence electrons. The summed E-state index contributed by atoms with van der Waals surface area (Å²) in [6.45, 7) is 0.491. The van der Waals surface area contributed by atoms with Gasteiger partial charge >= 0.3 is 5.97 Å². The first-order valence-electron chi connectivity index (χ1n) is 5.37. The number of carbonyl (C=O) groups excluding carboxylic acids is 1. The second-order valence-electron chi connectivity index (χ2n) is 4.02. The van der Waals surface area contributed by atoms with Crippen molar-refractivity contribution in [3.8, 4) is 0 Å². The van der Waals surface area contributed by atoms with E-state index < -0.39 is 17.7 Å². The molecular formula is C12H12FNO3. The highest BCUT2D eigenvalue weighted by Gasteiger charge is 2.34. The molecular weight excluding hydrogens is 225 g/mol. The molecule has 17 heavy (non-hydrogen) atoms. The molecule has 1 aliphatic rings. The van der Waals surface area contributed by atoms with E-state index in [1.165, 1.54) is 23.1 Å². The zero-order valence-corrected chi connectivity index (χ0v) is 9.10. The molecule has 2 rings (SSSR count). The fourth-order valence-electron chi connectivity index (χ4n) is 1.91. The van der Waals surface area contributed by atoms with Crippen molar-refractivity contribution in [3.05, 3.63) is 35.6 Å². The van der Waals surface area contributed by atoms with Crippen molar-refractivity contribution in [2.45, 2.75) is 18.9 Å². The molecule has 1 saturated heterocycles. The van der Waals surface area contributed by atoms with Crippen molar-refractivity contribution in [3.63, 3.8) is 0 Å². The third kappa shape index (κ3) is 2.27. The topological polar surface area (TPSA) is 57.6 Å². The number of nitrogens with zero attached hydrogens (tertiary/aromatic N) is 1. The molecule has 1 amide bonds. The number of amides is 1. The molecule has 1 N–H and O–H groups in total. The summed E-state index contributed by atoms with van der Waals surface area (Å²) < 4.78 is 13.4. The lowest BCUT2D eigenvalue weighted by atomic mass is 9.98. The number of halogens is 1. The highest BCUT2D eigenvalue weighted by Crippen LogP contribution is 2.24. The molecule has 0 bridgehead atoms. The van der Waals surface area contributed by atoms with Gasteiger partial charge in [-0.05, 0) is 18.6 Å². The summed E-state index contributed by atoms with van der Waals surface area (Å²) in [7, 11) is 0. The van der Waals surface area contributed by atoms with Gasteiger partial charge in [-0.3, -0.25) is 9.59 Å². The van der Waals surface area contributed by atoms with Crippen LogP contribution in [0.1, 0.15) is 23.2 Å². The van der Waals surface area contributed by atoms with Crippen LogP contribution in [0.5, 0.6) is 0 Å². The van der Waals surface area contributed by atoms with Crippen LogP contribution < -0.4 is 0 Å². The summed E-state index contributed by atoms with van der Waals surface area (Å²) >= 11 is 0. The Morgan fingerprint density at radius 2 is 2.12 bits per heavy atom. The summed E-state index contributed by atoms with van der Waals surface area (Å²) in [6, 6.07) is 5.42. The molecule has 0 aromatic heterocycles. The maximum Gasteiger partial charge on any atom is 0.305 e. The Balaban J connectivity index is 2.11. The Kier molecular flexibility index (Phi) is 3.08. The van der Waals surface area contributed by atoms with Crippen LogP contribution in [0.2, 0.25) is 0 Å². The maximum atomic E-state index is 13.4. The van der Waals surface area contributed by atoms with Crippen LogP contribution in [-0.4, -0.2) is 34.5 Å². The van der Waals surface area contributed by atoms with Crippen molar-refractivity contribution in [2.24, 2.45) is 0 Å². The quantitative estimate of drug-likeness (QED) is 0.867. The number of carbonyl (C=O) groups is 2. The SMILES string of the molecule is O=C(O)CC1CCN1C(=O)c1ccccc1F. The predicted octanol–water partition coefficient (Wildman–Crippen LogP) is 1.51. The van der Waals surface area contributed by atoms with E-state index in [2.05, 4.69) is 0 Å². The fraction of sp³-hybridized carbons (Fsp3) is 0.333. The van der Waals surface area contributed by atoms with Crippen molar-refractivity contribution >= 4 is 11.9 Å². The van der Waals surface area contributed by atoms with Gasteiger partial charge in [-0.15, -0.1) is 0 Å². The minimum Gasteiger partial charge on any atom is -0.481 e. The average Bonchev–Trinajstić information content (AvgIpc) is 2.25. The summed E-state index contributed by atoms with van der Waals surface area (Å²) in [5.41, 5.74) is 0.00240. The minimum absolute atomic E-state index is 0.00240. The fourth-order valence-corrected chi connectivity index (χ4v) is 1.91. The number of carboxylic acids is 1. The van der Waals surface area contributed by atoms with Gasteiger partial charge in [0, 0.05) is 12.6 Å². The van der Waals surface area contributed by atoms with E-state index in [-0.39, 0.29) is 18.0 Å². The zero-order chi connectivity index (χ0) is 12.4. The number of carboxylic acid groups (broad SMARTS) is 1. The molecule has 1 aliphatic heterocycles. The molecule has 1 unspecified atom stereocenters. The Morgan fingerprint density at radius 1 is 1.41 bits per heavy atom. The van der Waals surface area contributed by atoms with E-state index in [0.29, 0.717) is 13.0 Å². The second kappa shape index (κ2) is 4.53. The number of benzene rings is 1. The Hall–Kier alpha value is -1.91. The van der Waals surface area contributed by atoms with E-state index in [4.69, 9.17) is 5.11 Å². The number of hydrogen-bond acceptors (Lipinski definition) is 2. The molecule has 1 fully saturated rings. The van der Waals surface area contributed by atoms with Crippen molar-refractivity contribution < 1.29 is 19.1 Å². The van der Waals surface area contributed by atoms with Crippen LogP contribution in [0.3, 0.4) is 0 Å². The number of likely N-dealkylation sites (tertiary alicyclic amines) is 1. The van der Waals surface area contributed by atoms with Gasteiger partial charge < -0.3 is 10.0 Å². The smallest absolute Gasteiger partial charge is 0.305 e. The molecule has 4 nitrogen and oxygen atoms in total. The number of hydrogen-bond donors (Lipinski definition) is 1. The van der Waals surface area contributed by atoms with Crippen LogP contribution in [0.25, 0.3) is 0 Å². The standard InChI is InChI=1S/C12H12FNO3/c13-10-4-2-1-3-9(10)12(17)14-6-5-8(14)7-11(15)16/h1-4,8H,5-7H2,(H,15,16). The highest BCUT2D eigenvalue weighted by atomic mass is 19.1. The molecule has 1 heterocycles. The zero-order valence-electron chi connectivity index (χ0n) is 9.10. The van der Waals surface area contributed by atoms with Crippen LogP contribution in [0.15, 0.2) is 24.3 Å². The summed E-state index contributed by atoms with van der Waals surface area (Å²) in [5.74, 6) is -1.94. The number of aliphatic carboxylic acids is 1. The van der Waals surface area contributed by atoms with Gasteiger partial charge in [0.1, 0.15) is 5.82 Å². The normalized spacial score (nSPS) is 18.6. The Morgan fingerprint density at radius 3 is 2.65 bits per heavy atom. The summed E-state index contributed by atoms with van der Waals surface area (Å²) in [5, 5.41) is 8.66. The first kappa shape index (κ1) is 11.6. The largest absolute Gasteiger partial charge is 0.481 e. The molecule has 1 atom stereocenters. The highest BCUT2D eigenvalue weighted by molar-refractivity contribution is 5.95. The van der Waals surface area contributed by atoms with Gasteiger partial charge in [-0.1, -0.05) is 12.1 Å². The van der Waals surface area contributed by atoms with Gasteiger partial charge in [0.15, 0.2) is 0 Å². The molecule has 1 aromatic rings. The van der Waals surface area contributed by atoms with E-state index in [1.54, 1.807) is 6.07 Å². The predicted molar refractivity (Wildman–Crippen MR) is 58.1 cm³/mol. The number of rotatable bonds is 3. The molecule has 5 heteroatoms. The average molecular weight is 237 g/mol. The molecule has 0 aliphatic carbocycles. The molecule has 0 saturated carbocycles. The van der Waals surface area contributed by atoms with E-state index in [9.17, 15) is 14.0 Å². The van der Waals surface area contributed by atoms with E-state index >= 15 is 0 Å². The Labute approximate surface area is 97.7 Å². The van der Waals surface area contributed by atoms with Gasteiger partial charge in [0.2, 0.25) is 0 Å². The first-order valence-corrected chi connectivity index (χ1v) is 5.37.